The molecular weight excluding hydrogens is 342 g/mol. The molecule has 140 valence electrons. The van der Waals surface area contributed by atoms with Gasteiger partial charge in [-0.15, -0.1) is 0 Å². The summed E-state index contributed by atoms with van der Waals surface area (Å²) < 4.78 is 31.7. The van der Waals surface area contributed by atoms with Gasteiger partial charge in [0.15, 0.2) is 0 Å². The fraction of sp³-hybridized carbons (Fsp3) is 0.588. The lowest BCUT2D eigenvalue weighted by Gasteiger charge is -2.35. The summed E-state index contributed by atoms with van der Waals surface area (Å²) in [4.78, 5) is 16.8. The number of piperazine rings is 1. The number of benzene rings is 1. The third-order valence-corrected chi connectivity index (χ3v) is 5.69. The van der Waals surface area contributed by atoms with Crippen molar-refractivity contribution >= 4 is 15.9 Å². The van der Waals surface area contributed by atoms with Crippen LogP contribution in [-0.2, 0) is 10.0 Å². The van der Waals surface area contributed by atoms with Crippen LogP contribution in [0.4, 0.5) is 0 Å². The number of hydrogen-bond acceptors (Lipinski definition) is 5. The number of ether oxygens (including phenoxy) is 1. The van der Waals surface area contributed by atoms with E-state index in [-0.39, 0.29) is 16.6 Å². The third kappa shape index (κ3) is 4.71. The molecule has 1 aliphatic heterocycles. The van der Waals surface area contributed by atoms with E-state index in [1.165, 1.54) is 26.3 Å². The number of methoxy groups -OCH3 is 1. The summed E-state index contributed by atoms with van der Waals surface area (Å²) in [5, 5.41) is 0. The Labute approximate surface area is 150 Å². The quantitative estimate of drug-likeness (QED) is 0.810. The molecule has 1 heterocycles. The zero-order valence-corrected chi connectivity index (χ0v) is 16.1. The van der Waals surface area contributed by atoms with Crippen molar-refractivity contribution in [2.24, 2.45) is 5.92 Å². The van der Waals surface area contributed by atoms with E-state index in [0.29, 0.717) is 24.6 Å². The molecule has 0 radical (unpaired) electrons. The monoisotopic (exact) mass is 369 g/mol. The second-order valence-corrected chi connectivity index (χ2v) is 8.41. The van der Waals surface area contributed by atoms with Gasteiger partial charge in [0.25, 0.3) is 5.91 Å². The Bertz CT molecular complexity index is 711. The van der Waals surface area contributed by atoms with Gasteiger partial charge in [-0.2, -0.15) is 0 Å². The van der Waals surface area contributed by atoms with Crippen molar-refractivity contribution in [3.05, 3.63) is 23.8 Å². The highest BCUT2D eigenvalue weighted by atomic mass is 32.2. The van der Waals surface area contributed by atoms with E-state index >= 15 is 0 Å². The van der Waals surface area contributed by atoms with Crippen LogP contribution in [0, 0.1) is 5.92 Å². The highest BCUT2D eigenvalue weighted by molar-refractivity contribution is 7.89. The number of nitrogens with one attached hydrogen (secondary N) is 1. The van der Waals surface area contributed by atoms with Crippen molar-refractivity contribution < 1.29 is 17.9 Å². The van der Waals surface area contributed by atoms with Gasteiger partial charge in [0.2, 0.25) is 10.0 Å². The van der Waals surface area contributed by atoms with E-state index in [4.69, 9.17) is 4.74 Å². The minimum absolute atomic E-state index is 0.0261. The number of hydrogen-bond donors (Lipinski definition) is 1. The molecule has 0 spiro atoms. The zero-order valence-electron chi connectivity index (χ0n) is 15.3. The van der Waals surface area contributed by atoms with Gasteiger partial charge in [0.1, 0.15) is 10.6 Å². The Morgan fingerprint density at radius 3 is 2.40 bits per heavy atom. The predicted molar refractivity (Wildman–Crippen MR) is 96.4 cm³/mol. The van der Waals surface area contributed by atoms with Gasteiger partial charge in [-0.25, -0.2) is 13.1 Å². The highest BCUT2D eigenvalue weighted by Crippen LogP contribution is 2.25. The summed E-state index contributed by atoms with van der Waals surface area (Å²) in [6.45, 7) is 8.34. The molecule has 0 atom stereocenters. The normalized spacial score (nSPS) is 16.3. The lowest BCUT2D eigenvalue weighted by Crippen LogP contribution is -2.49. The maximum Gasteiger partial charge on any atom is 0.253 e. The molecular formula is C17H27N3O4S. The first-order valence-corrected chi connectivity index (χ1v) is 9.90. The lowest BCUT2D eigenvalue weighted by atomic mass is 10.1. The number of sulfonamides is 1. The molecule has 0 unspecified atom stereocenters. The summed E-state index contributed by atoms with van der Waals surface area (Å²) in [5.74, 6) is 0.658. The second kappa shape index (κ2) is 8.16. The van der Waals surface area contributed by atoms with Gasteiger partial charge in [-0.3, -0.25) is 9.69 Å². The van der Waals surface area contributed by atoms with Crippen molar-refractivity contribution in [3.63, 3.8) is 0 Å². The molecule has 1 saturated heterocycles. The second-order valence-electron chi connectivity index (χ2n) is 6.56. The average Bonchev–Trinajstić information content (AvgIpc) is 2.60. The topological polar surface area (TPSA) is 79.0 Å². The molecule has 1 aliphatic rings. The summed E-state index contributed by atoms with van der Waals surface area (Å²) in [6.07, 6.45) is 0. The molecule has 8 heteroatoms. The molecule has 0 aliphatic carbocycles. The molecule has 7 nitrogen and oxygen atoms in total. The predicted octanol–water partition coefficient (Wildman–Crippen LogP) is 1.02. The van der Waals surface area contributed by atoms with Crippen molar-refractivity contribution in [2.45, 2.75) is 18.7 Å². The fourth-order valence-corrected chi connectivity index (χ4v) is 3.88. The average molecular weight is 369 g/mol. The summed E-state index contributed by atoms with van der Waals surface area (Å²) in [7, 11) is -0.971. The number of carbonyl (C=O) groups excluding carboxylic acids is 1. The number of rotatable bonds is 6. The van der Waals surface area contributed by atoms with Crippen molar-refractivity contribution in [1.82, 2.24) is 14.5 Å². The van der Waals surface area contributed by atoms with E-state index in [1.807, 2.05) is 0 Å². The SMILES string of the molecule is CNS(=O)(=O)c1cc(C(=O)N2CCN(CC(C)C)CC2)ccc1OC. The maximum absolute atomic E-state index is 12.7. The van der Waals surface area contributed by atoms with Gasteiger partial charge < -0.3 is 9.64 Å². The Kier molecular flexibility index (Phi) is 6.42. The molecule has 1 N–H and O–H groups in total. The fourth-order valence-electron chi connectivity index (χ4n) is 2.96. The molecule has 1 aromatic carbocycles. The number of nitrogens with zero attached hydrogens (tertiary/aromatic N) is 2. The van der Waals surface area contributed by atoms with Gasteiger partial charge in [-0.05, 0) is 31.2 Å². The zero-order chi connectivity index (χ0) is 18.6. The largest absolute Gasteiger partial charge is 0.495 e. The van der Waals surface area contributed by atoms with Crippen molar-refractivity contribution in [1.29, 1.82) is 0 Å². The van der Waals surface area contributed by atoms with Gasteiger partial charge in [0.05, 0.1) is 7.11 Å². The van der Waals surface area contributed by atoms with Crippen LogP contribution < -0.4 is 9.46 Å². The summed E-state index contributed by atoms with van der Waals surface area (Å²) >= 11 is 0. The minimum Gasteiger partial charge on any atom is -0.495 e. The summed E-state index contributed by atoms with van der Waals surface area (Å²) in [6, 6.07) is 4.51. The Balaban J connectivity index is 2.17. The molecule has 1 amide bonds. The smallest absolute Gasteiger partial charge is 0.253 e. The molecule has 0 bridgehead atoms. The number of carbonyl (C=O) groups is 1. The van der Waals surface area contributed by atoms with Gasteiger partial charge in [-0.1, -0.05) is 13.8 Å². The Morgan fingerprint density at radius 1 is 1.24 bits per heavy atom. The Morgan fingerprint density at radius 2 is 1.88 bits per heavy atom. The molecule has 1 aromatic rings. The van der Waals surface area contributed by atoms with Gasteiger partial charge in [0, 0.05) is 38.3 Å². The molecule has 0 saturated carbocycles. The number of amides is 1. The van der Waals surface area contributed by atoms with Crippen molar-refractivity contribution in [2.75, 3.05) is 46.9 Å². The van der Waals surface area contributed by atoms with E-state index in [2.05, 4.69) is 23.5 Å². The van der Waals surface area contributed by atoms with E-state index in [1.54, 1.807) is 11.0 Å². The van der Waals surface area contributed by atoms with Crippen LogP contribution in [0.5, 0.6) is 5.75 Å². The molecule has 2 rings (SSSR count). The standard InChI is InChI=1S/C17H27N3O4S/c1-13(2)12-19-7-9-20(10-8-19)17(21)14-5-6-15(24-4)16(11-14)25(22,23)18-3/h5-6,11,13,18H,7-10,12H2,1-4H3. The lowest BCUT2D eigenvalue weighted by molar-refractivity contribution is 0.0623. The third-order valence-electron chi connectivity index (χ3n) is 4.25. The Hall–Kier alpha value is -1.64. The minimum atomic E-state index is -3.70. The van der Waals surface area contributed by atoms with E-state index < -0.39 is 10.0 Å². The van der Waals surface area contributed by atoms with Gasteiger partial charge >= 0.3 is 0 Å². The molecule has 25 heavy (non-hydrogen) atoms. The first kappa shape index (κ1) is 19.7. The molecule has 1 fully saturated rings. The van der Waals surface area contributed by atoms with E-state index in [9.17, 15) is 13.2 Å². The molecule has 0 aromatic heterocycles. The van der Waals surface area contributed by atoms with Crippen LogP contribution in [0.1, 0.15) is 24.2 Å². The highest BCUT2D eigenvalue weighted by Gasteiger charge is 2.25. The van der Waals surface area contributed by atoms with Crippen LogP contribution in [0.25, 0.3) is 0 Å². The van der Waals surface area contributed by atoms with Crippen LogP contribution in [-0.4, -0.2) is 71.0 Å². The van der Waals surface area contributed by atoms with E-state index in [0.717, 1.165) is 19.6 Å². The first-order chi connectivity index (χ1) is 11.8. The first-order valence-electron chi connectivity index (χ1n) is 8.41. The van der Waals surface area contributed by atoms with Crippen LogP contribution in [0.3, 0.4) is 0 Å². The van der Waals surface area contributed by atoms with Crippen molar-refractivity contribution in [3.8, 4) is 5.75 Å². The van der Waals surface area contributed by atoms with Crippen LogP contribution in [0.2, 0.25) is 0 Å². The van der Waals surface area contributed by atoms with Crippen LogP contribution >= 0.6 is 0 Å². The summed E-state index contributed by atoms with van der Waals surface area (Å²) in [5.41, 5.74) is 0.354. The van der Waals surface area contributed by atoms with Crippen LogP contribution in [0.15, 0.2) is 23.1 Å². The maximum atomic E-state index is 12.7.